The van der Waals surface area contributed by atoms with Crippen LogP contribution in [0.4, 0.5) is 4.79 Å². The van der Waals surface area contributed by atoms with E-state index in [0.717, 1.165) is 17.2 Å². The number of para-hydroxylation sites is 3. The van der Waals surface area contributed by atoms with E-state index in [1.165, 1.54) is 6.33 Å². The summed E-state index contributed by atoms with van der Waals surface area (Å²) in [6.07, 6.45) is 2.10. The number of amides is 2. The number of carbonyl (C=O) groups is 1. The highest BCUT2D eigenvalue weighted by atomic mass is 16.7. The summed E-state index contributed by atoms with van der Waals surface area (Å²) < 4.78 is 13.7. The van der Waals surface area contributed by atoms with Gasteiger partial charge in [0, 0.05) is 13.0 Å². The highest BCUT2D eigenvalue weighted by molar-refractivity contribution is 5.74. The van der Waals surface area contributed by atoms with Crippen molar-refractivity contribution in [3.8, 4) is 17.2 Å². The number of nitrogens with zero attached hydrogens (tertiary/aromatic N) is 4. The van der Waals surface area contributed by atoms with E-state index < -0.39 is 5.79 Å². The van der Waals surface area contributed by atoms with Crippen LogP contribution in [0.15, 0.2) is 60.9 Å². The zero-order chi connectivity index (χ0) is 19.0. The van der Waals surface area contributed by atoms with Crippen molar-refractivity contribution in [2.75, 3.05) is 13.1 Å². The lowest BCUT2D eigenvalue weighted by Gasteiger charge is -2.23. The summed E-state index contributed by atoms with van der Waals surface area (Å²) in [7, 11) is 0. The summed E-state index contributed by atoms with van der Waals surface area (Å²) in [6.45, 7) is 1.21. The van der Waals surface area contributed by atoms with Crippen molar-refractivity contribution >= 4 is 6.03 Å². The molecule has 2 aliphatic heterocycles. The molecule has 1 fully saturated rings. The molecule has 2 aromatic carbocycles. The second-order valence-electron chi connectivity index (χ2n) is 6.82. The molecular weight excluding hydrogens is 358 g/mol. The maximum Gasteiger partial charge on any atom is 0.318 e. The van der Waals surface area contributed by atoms with Gasteiger partial charge in [0.15, 0.2) is 17.3 Å². The highest BCUT2D eigenvalue weighted by Crippen LogP contribution is 2.42. The molecule has 3 aromatic rings. The van der Waals surface area contributed by atoms with Crippen LogP contribution in [-0.2, 0) is 6.54 Å². The summed E-state index contributed by atoms with van der Waals surface area (Å²) in [5, 5.41) is 7.16. The maximum atomic E-state index is 12.6. The molecule has 0 bridgehead atoms. The van der Waals surface area contributed by atoms with Crippen LogP contribution in [0, 0.1) is 0 Å². The molecule has 2 amide bonds. The Morgan fingerprint density at radius 2 is 1.79 bits per heavy atom. The third-order valence-electron chi connectivity index (χ3n) is 4.94. The number of likely N-dealkylation sites (tertiary alicyclic amines) is 1. The van der Waals surface area contributed by atoms with Crippen molar-refractivity contribution in [3.05, 3.63) is 66.7 Å². The van der Waals surface area contributed by atoms with Gasteiger partial charge in [-0.25, -0.2) is 14.5 Å². The molecule has 3 heterocycles. The molecule has 142 valence electrons. The number of aromatic nitrogens is 3. The first kappa shape index (κ1) is 16.6. The molecule has 0 radical (unpaired) electrons. The van der Waals surface area contributed by atoms with E-state index >= 15 is 0 Å². The molecule has 0 aliphatic carbocycles. The van der Waals surface area contributed by atoms with Crippen molar-refractivity contribution in [1.82, 2.24) is 25.0 Å². The summed E-state index contributed by atoms with van der Waals surface area (Å²) >= 11 is 0. The highest BCUT2D eigenvalue weighted by Gasteiger charge is 2.48. The fourth-order valence-corrected chi connectivity index (χ4v) is 3.57. The van der Waals surface area contributed by atoms with Gasteiger partial charge in [0.2, 0.25) is 0 Å². The molecule has 8 nitrogen and oxygen atoms in total. The van der Waals surface area contributed by atoms with Crippen LogP contribution in [0.5, 0.6) is 11.5 Å². The van der Waals surface area contributed by atoms with Gasteiger partial charge in [-0.15, -0.1) is 0 Å². The second kappa shape index (κ2) is 6.56. The molecule has 1 aromatic heterocycles. The van der Waals surface area contributed by atoms with E-state index in [1.54, 1.807) is 9.58 Å². The average Bonchev–Trinajstić information content (AvgIpc) is 3.44. The van der Waals surface area contributed by atoms with Gasteiger partial charge in [-0.05, 0) is 24.3 Å². The maximum absolute atomic E-state index is 12.6. The van der Waals surface area contributed by atoms with Gasteiger partial charge in [-0.3, -0.25) is 0 Å². The van der Waals surface area contributed by atoms with Crippen LogP contribution in [0.3, 0.4) is 0 Å². The third kappa shape index (κ3) is 2.92. The molecule has 2 aliphatic rings. The number of hydrogen-bond acceptors (Lipinski definition) is 5. The number of nitrogens with one attached hydrogen (secondary N) is 1. The van der Waals surface area contributed by atoms with Crippen LogP contribution in [0.25, 0.3) is 5.69 Å². The first-order chi connectivity index (χ1) is 13.7. The number of hydrogen-bond donors (Lipinski definition) is 1. The van der Waals surface area contributed by atoms with Crippen molar-refractivity contribution in [2.45, 2.75) is 18.8 Å². The topological polar surface area (TPSA) is 81.5 Å². The predicted molar refractivity (Wildman–Crippen MR) is 100 cm³/mol. The van der Waals surface area contributed by atoms with E-state index in [9.17, 15) is 4.79 Å². The second-order valence-corrected chi connectivity index (χ2v) is 6.82. The quantitative estimate of drug-likeness (QED) is 0.758. The fraction of sp³-hybridized carbons (Fsp3) is 0.250. The Morgan fingerprint density at radius 3 is 2.54 bits per heavy atom. The SMILES string of the molecule is O=C(NCc1ncnn1-c1ccccc1)N1CCC2(C1)Oc1ccccc1O2. The Balaban J connectivity index is 1.22. The number of benzene rings is 2. The average molecular weight is 377 g/mol. The number of carbonyl (C=O) groups excluding carboxylic acids is 1. The lowest BCUT2D eigenvalue weighted by molar-refractivity contribution is -0.0650. The first-order valence-corrected chi connectivity index (χ1v) is 9.17. The van der Waals surface area contributed by atoms with Gasteiger partial charge in [0.1, 0.15) is 6.33 Å². The Bertz CT molecular complexity index is 979. The van der Waals surface area contributed by atoms with Crippen molar-refractivity contribution < 1.29 is 14.3 Å². The Hall–Kier alpha value is -3.55. The monoisotopic (exact) mass is 377 g/mol. The number of fused-ring (bicyclic) bond motifs is 1. The molecule has 1 saturated heterocycles. The minimum atomic E-state index is -0.787. The van der Waals surface area contributed by atoms with E-state index in [0.29, 0.717) is 25.3 Å². The molecule has 1 N–H and O–H groups in total. The molecule has 28 heavy (non-hydrogen) atoms. The van der Waals surface area contributed by atoms with Crippen molar-refractivity contribution in [2.24, 2.45) is 0 Å². The first-order valence-electron chi connectivity index (χ1n) is 9.17. The van der Waals surface area contributed by atoms with Crippen LogP contribution < -0.4 is 14.8 Å². The molecule has 5 rings (SSSR count). The number of rotatable bonds is 3. The predicted octanol–water partition coefficient (Wildman–Crippen LogP) is 2.35. The summed E-state index contributed by atoms with van der Waals surface area (Å²) in [6, 6.07) is 17.1. The molecule has 0 saturated carbocycles. The minimum absolute atomic E-state index is 0.178. The Morgan fingerprint density at radius 1 is 1.07 bits per heavy atom. The van der Waals surface area contributed by atoms with Gasteiger partial charge in [-0.1, -0.05) is 30.3 Å². The summed E-state index contributed by atoms with van der Waals surface area (Å²) in [5.74, 6) is 1.32. The van der Waals surface area contributed by atoms with E-state index in [1.807, 2.05) is 54.6 Å². The van der Waals surface area contributed by atoms with Crippen molar-refractivity contribution in [3.63, 3.8) is 0 Å². The molecule has 8 heteroatoms. The summed E-state index contributed by atoms with van der Waals surface area (Å²) in [4.78, 5) is 18.6. The van der Waals surface area contributed by atoms with Crippen LogP contribution >= 0.6 is 0 Å². The van der Waals surface area contributed by atoms with Gasteiger partial charge in [0.25, 0.3) is 5.79 Å². The summed E-state index contributed by atoms with van der Waals surface area (Å²) in [5.41, 5.74) is 0.898. The van der Waals surface area contributed by atoms with Gasteiger partial charge in [0.05, 0.1) is 18.8 Å². The van der Waals surface area contributed by atoms with Crippen LogP contribution in [0.1, 0.15) is 12.2 Å². The minimum Gasteiger partial charge on any atom is -0.447 e. The molecule has 0 atom stereocenters. The smallest absolute Gasteiger partial charge is 0.318 e. The normalized spacial score (nSPS) is 16.5. The van der Waals surface area contributed by atoms with Gasteiger partial charge in [-0.2, -0.15) is 5.10 Å². The van der Waals surface area contributed by atoms with E-state index in [2.05, 4.69) is 15.4 Å². The lowest BCUT2D eigenvalue weighted by Crippen LogP contribution is -2.45. The zero-order valence-electron chi connectivity index (χ0n) is 15.1. The Labute approximate surface area is 161 Å². The van der Waals surface area contributed by atoms with Crippen LogP contribution in [-0.4, -0.2) is 44.6 Å². The molecule has 0 unspecified atom stereocenters. The lowest BCUT2D eigenvalue weighted by atomic mass is 10.2. The van der Waals surface area contributed by atoms with Gasteiger partial charge < -0.3 is 19.7 Å². The zero-order valence-corrected chi connectivity index (χ0v) is 15.1. The van der Waals surface area contributed by atoms with E-state index in [-0.39, 0.29) is 12.6 Å². The standard InChI is InChI=1S/C20H19N5O3/c26-19(21-12-18-22-14-23-25(18)15-6-2-1-3-7-15)24-11-10-20(13-24)27-16-8-4-5-9-17(16)28-20/h1-9,14H,10-13H2,(H,21,26). The van der Waals surface area contributed by atoms with Crippen molar-refractivity contribution in [1.29, 1.82) is 0 Å². The molecular formula is C20H19N5O3. The number of ether oxygens (including phenoxy) is 2. The largest absolute Gasteiger partial charge is 0.447 e. The van der Waals surface area contributed by atoms with Crippen LogP contribution in [0.2, 0.25) is 0 Å². The fourth-order valence-electron chi connectivity index (χ4n) is 3.57. The molecule has 1 spiro atoms. The third-order valence-corrected chi connectivity index (χ3v) is 4.94. The van der Waals surface area contributed by atoms with Gasteiger partial charge >= 0.3 is 6.03 Å². The number of urea groups is 1. The van der Waals surface area contributed by atoms with E-state index in [4.69, 9.17) is 9.47 Å². The Kier molecular flexibility index (Phi) is 3.89.